The van der Waals surface area contributed by atoms with E-state index in [9.17, 15) is 27.5 Å². The van der Waals surface area contributed by atoms with Crippen LogP contribution in [0.1, 0.15) is 12.0 Å². The number of hydrogen-bond acceptors (Lipinski definition) is 10. The zero-order valence-electron chi connectivity index (χ0n) is 24.7. The molecule has 45 heavy (non-hydrogen) atoms. The summed E-state index contributed by atoms with van der Waals surface area (Å²) in [6.45, 7) is -0.577. The maximum absolute atomic E-state index is 13.9. The lowest BCUT2D eigenvalue weighted by atomic mass is 10.1. The smallest absolute Gasteiger partial charge is 0.447 e. The monoisotopic (exact) mass is 691 g/mol. The minimum Gasteiger partial charge on any atom is -0.447 e. The van der Waals surface area contributed by atoms with Gasteiger partial charge in [0.1, 0.15) is 30.2 Å². The van der Waals surface area contributed by atoms with E-state index in [0.29, 0.717) is 16.3 Å². The molecule has 0 aliphatic carbocycles. The highest BCUT2D eigenvalue weighted by molar-refractivity contribution is 7.48. The highest BCUT2D eigenvalue weighted by atomic mass is 35.5. The van der Waals surface area contributed by atoms with Gasteiger partial charge >= 0.3 is 28.0 Å². The minimum atomic E-state index is -4.09. The number of benzene rings is 2. The molecule has 244 valence electrons. The molecule has 3 aromatic rings. The number of aromatic nitrogens is 1. The second kappa shape index (κ2) is 16.9. The summed E-state index contributed by atoms with van der Waals surface area (Å²) in [5.74, 6) is -1.05. The molecular formula is C27H32ClF2N4O9P2+. The van der Waals surface area contributed by atoms with Gasteiger partial charge in [-0.25, -0.2) is 27.9 Å². The van der Waals surface area contributed by atoms with Gasteiger partial charge < -0.3 is 15.0 Å². The van der Waals surface area contributed by atoms with Crippen molar-refractivity contribution in [3.8, 4) is 0 Å². The van der Waals surface area contributed by atoms with Crippen LogP contribution in [0.15, 0.2) is 48.7 Å². The van der Waals surface area contributed by atoms with Crippen molar-refractivity contribution in [3.63, 3.8) is 0 Å². The molecule has 0 saturated carbocycles. The molecule has 13 nitrogen and oxygen atoms in total. The van der Waals surface area contributed by atoms with E-state index in [1.807, 2.05) is 0 Å². The van der Waals surface area contributed by atoms with E-state index >= 15 is 0 Å². The van der Waals surface area contributed by atoms with Crippen molar-refractivity contribution in [3.05, 3.63) is 70.9 Å². The highest BCUT2D eigenvalue weighted by Gasteiger charge is 2.37. The number of amides is 3. The Hall–Kier alpha value is -3.29. The summed E-state index contributed by atoms with van der Waals surface area (Å²) in [6.07, 6.45) is -1.12. The molecule has 2 aromatic carbocycles. The quantitative estimate of drug-likeness (QED) is 0.169. The van der Waals surface area contributed by atoms with Crippen molar-refractivity contribution in [2.45, 2.75) is 25.1 Å². The van der Waals surface area contributed by atoms with Crippen LogP contribution < -0.4 is 10.6 Å². The van der Waals surface area contributed by atoms with Crippen molar-refractivity contribution in [2.24, 2.45) is 0 Å². The van der Waals surface area contributed by atoms with E-state index in [1.54, 1.807) is 0 Å². The molecule has 3 amide bonds. The van der Waals surface area contributed by atoms with Gasteiger partial charge in [0.2, 0.25) is 6.16 Å². The van der Waals surface area contributed by atoms with E-state index in [0.717, 1.165) is 19.1 Å². The predicted octanol–water partition coefficient (Wildman–Crippen LogP) is 6.49. The molecule has 0 saturated heterocycles. The minimum absolute atomic E-state index is 0.0761. The topological polar surface area (TPSA) is 155 Å². The van der Waals surface area contributed by atoms with Crippen molar-refractivity contribution in [1.82, 2.24) is 15.2 Å². The first-order valence-electron chi connectivity index (χ1n) is 13.2. The second-order valence-corrected chi connectivity index (χ2v) is 13.0. The fourth-order valence-corrected chi connectivity index (χ4v) is 5.88. The van der Waals surface area contributed by atoms with E-state index in [2.05, 4.69) is 15.6 Å². The largest absolute Gasteiger partial charge is 0.510 e. The van der Waals surface area contributed by atoms with Crippen molar-refractivity contribution in [1.29, 1.82) is 0 Å². The van der Waals surface area contributed by atoms with Crippen LogP contribution in [-0.4, -0.2) is 75.3 Å². The molecule has 0 fully saturated rings. The SMILES string of the molecule is CO[P+](=O)CC(C[C@@H](COC(=O)Nc1cc2cc(F)ccc2cn1)N(C)C(=O)NCc1cccc(F)c1Cl)OP(=O)(OC)OC. The Morgan fingerprint density at radius 2 is 1.84 bits per heavy atom. The first-order valence-corrected chi connectivity index (χ1v) is 16.4. The van der Waals surface area contributed by atoms with E-state index in [4.69, 9.17) is 34.4 Å². The first-order chi connectivity index (χ1) is 21.4. The number of urea groups is 1. The van der Waals surface area contributed by atoms with Crippen LogP contribution in [-0.2, 0) is 38.5 Å². The third-order valence-corrected chi connectivity index (χ3v) is 9.45. The average Bonchev–Trinajstić information content (AvgIpc) is 3.02. The number of pyridine rings is 1. The number of rotatable bonds is 15. The van der Waals surface area contributed by atoms with Gasteiger partial charge in [0, 0.05) is 45.8 Å². The fraction of sp³-hybridized carbons (Fsp3) is 0.370. The Morgan fingerprint density at radius 1 is 1.11 bits per heavy atom. The third kappa shape index (κ3) is 10.6. The van der Waals surface area contributed by atoms with E-state index in [-0.39, 0.29) is 30.0 Å². The molecule has 18 heteroatoms. The average molecular weight is 692 g/mol. The summed E-state index contributed by atoms with van der Waals surface area (Å²) in [4.78, 5) is 31.2. The molecule has 0 radical (unpaired) electrons. The Balaban J connectivity index is 1.79. The number of phosphoric ester groups is 1. The van der Waals surface area contributed by atoms with Gasteiger partial charge in [-0.1, -0.05) is 23.7 Å². The molecule has 1 aromatic heterocycles. The number of hydrogen-bond donors (Lipinski definition) is 2. The molecule has 1 heterocycles. The predicted molar refractivity (Wildman–Crippen MR) is 162 cm³/mol. The van der Waals surface area contributed by atoms with Gasteiger partial charge in [0.25, 0.3) is 0 Å². The van der Waals surface area contributed by atoms with Crippen molar-refractivity contribution in [2.75, 3.05) is 46.5 Å². The molecular weight excluding hydrogens is 660 g/mol. The Bertz CT molecular complexity index is 1560. The second-order valence-electron chi connectivity index (χ2n) is 9.39. The number of nitrogens with one attached hydrogen (secondary N) is 2. The lowest BCUT2D eigenvalue weighted by Crippen LogP contribution is -2.47. The third-order valence-electron chi connectivity index (χ3n) is 6.47. The summed E-state index contributed by atoms with van der Waals surface area (Å²) in [7, 11) is -1.61. The van der Waals surface area contributed by atoms with Crippen molar-refractivity contribution < 1.29 is 50.3 Å². The number of carbonyl (C=O) groups excluding carboxylic acids is 2. The van der Waals surface area contributed by atoms with Crippen LogP contribution in [0, 0.1) is 11.6 Å². The van der Waals surface area contributed by atoms with Crippen LogP contribution in [0.2, 0.25) is 5.02 Å². The lowest BCUT2D eigenvalue weighted by molar-refractivity contribution is 0.0701. The zero-order valence-corrected chi connectivity index (χ0v) is 27.2. The molecule has 0 bridgehead atoms. The van der Waals surface area contributed by atoms with Gasteiger partial charge in [-0.15, -0.1) is 4.52 Å². The molecule has 3 atom stereocenters. The Labute approximate surface area is 263 Å². The summed E-state index contributed by atoms with van der Waals surface area (Å²) >= 11 is 6.00. The van der Waals surface area contributed by atoms with E-state index < -0.39 is 58.4 Å². The zero-order chi connectivity index (χ0) is 33.1. The van der Waals surface area contributed by atoms with Gasteiger partial charge in [-0.3, -0.25) is 18.9 Å². The van der Waals surface area contributed by atoms with Gasteiger partial charge in [0.05, 0.1) is 18.2 Å². The summed E-state index contributed by atoms with van der Waals surface area (Å²) < 4.78 is 78.0. The molecule has 0 aliphatic rings. The Morgan fingerprint density at radius 3 is 2.53 bits per heavy atom. The van der Waals surface area contributed by atoms with E-state index in [1.165, 1.54) is 62.8 Å². The lowest BCUT2D eigenvalue weighted by Gasteiger charge is -2.30. The molecule has 2 unspecified atom stereocenters. The van der Waals surface area contributed by atoms with Crippen LogP contribution >= 0.6 is 27.5 Å². The van der Waals surface area contributed by atoms with Gasteiger partial charge in [0.15, 0.2) is 0 Å². The van der Waals surface area contributed by atoms with Crippen LogP contribution in [0.4, 0.5) is 24.2 Å². The number of fused-ring (bicyclic) bond motifs is 1. The summed E-state index contributed by atoms with van der Waals surface area (Å²) in [5, 5.41) is 6.02. The number of halogens is 3. The number of carbonyl (C=O) groups is 2. The number of anilines is 1. The molecule has 0 aliphatic heterocycles. The van der Waals surface area contributed by atoms with Crippen LogP contribution in [0.3, 0.4) is 0 Å². The molecule has 3 rings (SSSR count). The van der Waals surface area contributed by atoms with Crippen LogP contribution in [0.5, 0.6) is 0 Å². The van der Waals surface area contributed by atoms with Crippen LogP contribution in [0.25, 0.3) is 10.8 Å². The molecule has 2 N–H and O–H groups in total. The Kier molecular flexibility index (Phi) is 13.6. The number of nitrogens with zero attached hydrogens (tertiary/aromatic N) is 2. The maximum atomic E-state index is 13.9. The fourth-order valence-electron chi connectivity index (χ4n) is 4.02. The first kappa shape index (κ1) is 36.2. The molecule has 0 spiro atoms. The summed E-state index contributed by atoms with van der Waals surface area (Å²) in [6, 6.07) is 8.02. The summed E-state index contributed by atoms with van der Waals surface area (Å²) in [5.41, 5.74) is 0.313. The van der Waals surface area contributed by atoms with Gasteiger partial charge in [-0.05, 0) is 45.8 Å². The number of ether oxygens (including phenoxy) is 1. The van der Waals surface area contributed by atoms with Crippen molar-refractivity contribution >= 4 is 56.2 Å². The maximum Gasteiger partial charge on any atom is 0.510 e. The standard InChI is InChI=1S/C27H31ClF2N4O9P2/c1-34(26(35)32-14-18-6-5-7-23(30)25(18)28)21(12-22(16-44(37)39-2)43-45(38,40-3)41-4)15-42-27(36)33-24-11-19-10-20(29)9-8-17(19)13-31-24/h5-11,13,21-22H,12,14-16H2,1-4H3,(H-,31,32,33,35,36)/p+1/t21-,22?/m0/s1. The normalized spacial score (nSPS) is 13.2. The number of likely N-dealkylation sites (N-methyl/N-ethyl adjacent to an activating group) is 1. The number of phosphoric acid groups is 1. The van der Waals surface area contributed by atoms with Gasteiger partial charge in [-0.2, -0.15) is 0 Å². The highest BCUT2D eigenvalue weighted by Crippen LogP contribution is 2.50.